The van der Waals surface area contributed by atoms with Crippen molar-refractivity contribution in [1.82, 2.24) is 14.9 Å². The summed E-state index contributed by atoms with van der Waals surface area (Å²) in [5, 5.41) is 6.17. The number of benzene rings is 3. The summed E-state index contributed by atoms with van der Waals surface area (Å²) in [4.78, 5) is 24.4. The fourth-order valence-corrected chi connectivity index (χ4v) is 5.24. The number of nitrogens with one attached hydrogen (secondary N) is 2. The summed E-state index contributed by atoms with van der Waals surface area (Å²) in [6, 6.07) is 16.3. The van der Waals surface area contributed by atoms with Crippen molar-refractivity contribution >= 4 is 46.4 Å². The molecule has 3 aromatic carbocycles. The van der Waals surface area contributed by atoms with Gasteiger partial charge in [0.15, 0.2) is 23.1 Å². The summed E-state index contributed by atoms with van der Waals surface area (Å²) in [7, 11) is 1.50. The highest BCUT2D eigenvalue weighted by atomic mass is 35.5. The minimum absolute atomic E-state index is 0.00285. The Labute approximate surface area is 265 Å². The summed E-state index contributed by atoms with van der Waals surface area (Å²) in [6.45, 7) is 3.60. The second kappa shape index (κ2) is 15.1. The normalized spacial score (nSPS) is 13.3. The molecule has 1 aromatic heterocycles. The maximum atomic E-state index is 14.9. The highest BCUT2D eigenvalue weighted by Crippen LogP contribution is 2.34. The predicted molar refractivity (Wildman–Crippen MR) is 170 cm³/mol. The average molecular weight is 641 g/mol. The molecule has 0 saturated carbocycles. The van der Waals surface area contributed by atoms with Gasteiger partial charge in [0.2, 0.25) is 11.8 Å². The van der Waals surface area contributed by atoms with E-state index in [2.05, 4.69) is 25.5 Å². The van der Waals surface area contributed by atoms with Gasteiger partial charge in [-0.3, -0.25) is 4.79 Å². The highest BCUT2D eigenvalue weighted by Gasteiger charge is 2.21. The Hall–Kier alpha value is -4.12. The van der Waals surface area contributed by atoms with Crippen molar-refractivity contribution in [2.24, 2.45) is 0 Å². The topological polar surface area (TPSA) is 97.8 Å². The van der Waals surface area contributed by atoms with E-state index < -0.39 is 11.7 Å². The molecule has 0 spiro atoms. The minimum Gasteiger partial charge on any atom is -0.493 e. The van der Waals surface area contributed by atoms with Crippen molar-refractivity contribution in [3.8, 4) is 23.1 Å². The van der Waals surface area contributed by atoms with Gasteiger partial charge in [0.25, 0.3) is 5.91 Å². The molecule has 12 heteroatoms. The van der Waals surface area contributed by atoms with Gasteiger partial charge in [-0.1, -0.05) is 47.8 Å². The van der Waals surface area contributed by atoms with Gasteiger partial charge >= 0.3 is 0 Å². The lowest BCUT2D eigenvalue weighted by atomic mass is 10.1. The molecule has 230 valence electrons. The maximum absolute atomic E-state index is 14.9. The van der Waals surface area contributed by atoms with Crippen LogP contribution in [0.15, 0.2) is 66.9 Å². The molecular weight excluding hydrogens is 608 g/mol. The number of para-hydroxylation sites is 3. The smallest absolute Gasteiger partial charge is 0.262 e. The van der Waals surface area contributed by atoms with Crippen molar-refractivity contribution in [2.45, 2.75) is 25.7 Å². The van der Waals surface area contributed by atoms with Crippen LogP contribution in [0.4, 0.5) is 21.7 Å². The zero-order valence-electron chi connectivity index (χ0n) is 24.1. The quantitative estimate of drug-likeness (QED) is 0.151. The molecule has 0 aliphatic carbocycles. The molecule has 1 fully saturated rings. The second-order valence-electron chi connectivity index (χ2n) is 10.1. The van der Waals surface area contributed by atoms with E-state index in [4.69, 9.17) is 37.4 Å². The molecule has 1 aliphatic rings. The van der Waals surface area contributed by atoms with Crippen molar-refractivity contribution in [2.75, 3.05) is 44.0 Å². The third-order valence-electron chi connectivity index (χ3n) is 6.99. The number of carbonyl (C=O) groups excluding carboxylic acids is 1. The SMILES string of the molecule is COc1ccccc1Oc1nc(Nc2ccc(OCCCN3CCCCC3)c(F)c2)ncc1C(=O)Nc1c(Cl)cccc1Cl. The zero-order valence-corrected chi connectivity index (χ0v) is 25.6. The number of rotatable bonds is 12. The van der Waals surface area contributed by atoms with Crippen LogP contribution in [0.25, 0.3) is 0 Å². The predicted octanol–water partition coefficient (Wildman–Crippen LogP) is 7.97. The lowest BCUT2D eigenvalue weighted by molar-refractivity contribution is 0.102. The fourth-order valence-electron chi connectivity index (χ4n) is 4.74. The van der Waals surface area contributed by atoms with Crippen LogP contribution in [0.2, 0.25) is 10.0 Å². The molecule has 0 unspecified atom stereocenters. The standard InChI is InChI=1S/C32H32Cl2FN5O4/c1-42-27-11-3-4-12-28(27)44-31-22(30(41)38-29-23(33)9-7-10-24(29)34)20-36-32(39-31)37-21-13-14-26(25(35)19-21)43-18-8-17-40-15-5-2-6-16-40/h3-4,7,9-14,19-20H,2,5-6,8,15-18H2,1H3,(H,38,41)(H,36,37,39). The first-order valence-corrected chi connectivity index (χ1v) is 15.0. The number of nitrogens with zero attached hydrogens (tertiary/aromatic N) is 3. The Balaban J connectivity index is 1.32. The first kappa shape index (κ1) is 31.3. The van der Waals surface area contributed by atoms with E-state index >= 15 is 0 Å². The Morgan fingerprint density at radius 2 is 1.73 bits per heavy atom. The number of halogens is 3. The van der Waals surface area contributed by atoms with E-state index in [1.807, 2.05) is 0 Å². The van der Waals surface area contributed by atoms with Crippen molar-refractivity contribution in [1.29, 1.82) is 0 Å². The van der Waals surface area contributed by atoms with E-state index in [0.29, 0.717) is 23.8 Å². The monoisotopic (exact) mass is 639 g/mol. The van der Waals surface area contributed by atoms with E-state index in [-0.39, 0.29) is 38.9 Å². The Kier molecular flexibility index (Phi) is 10.7. The first-order valence-electron chi connectivity index (χ1n) is 14.3. The van der Waals surface area contributed by atoms with Crippen LogP contribution in [0.3, 0.4) is 0 Å². The fraction of sp³-hybridized carbons (Fsp3) is 0.281. The number of carbonyl (C=O) groups is 1. The van der Waals surface area contributed by atoms with Crippen molar-refractivity contribution in [3.63, 3.8) is 0 Å². The molecular formula is C32H32Cl2FN5O4. The summed E-state index contributed by atoms with van der Waals surface area (Å²) in [5.41, 5.74) is 0.610. The lowest BCUT2D eigenvalue weighted by Gasteiger charge is -2.26. The summed E-state index contributed by atoms with van der Waals surface area (Å²) in [5.74, 6) is -0.235. The molecule has 0 radical (unpaired) electrons. The Morgan fingerprint density at radius 3 is 2.45 bits per heavy atom. The molecule has 44 heavy (non-hydrogen) atoms. The molecule has 1 saturated heterocycles. The second-order valence-corrected chi connectivity index (χ2v) is 10.9. The van der Waals surface area contributed by atoms with Gasteiger partial charge in [-0.25, -0.2) is 9.37 Å². The third-order valence-corrected chi connectivity index (χ3v) is 7.62. The van der Waals surface area contributed by atoms with Crippen LogP contribution in [0, 0.1) is 5.82 Å². The summed E-state index contributed by atoms with van der Waals surface area (Å²) >= 11 is 12.5. The number of methoxy groups -OCH3 is 1. The van der Waals surface area contributed by atoms with Gasteiger partial charge in [-0.2, -0.15) is 4.98 Å². The number of piperidine rings is 1. The molecule has 4 aromatic rings. The summed E-state index contributed by atoms with van der Waals surface area (Å²) < 4.78 is 32.0. The van der Waals surface area contributed by atoms with Gasteiger partial charge in [0, 0.05) is 24.5 Å². The van der Waals surface area contributed by atoms with Gasteiger partial charge in [-0.05, 0) is 68.8 Å². The number of hydrogen-bond donors (Lipinski definition) is 2. The van der Waals surface area contributed by atoms with Crippen LogP contribution in [0.5, 0.6) is 23.1 Å². The van der Waals surface area contributed by atoms with Crippen LogP contribution < -0.4 is 24.8 Å². The molecule has 0 atom stereocenters. The van der Waals surface area contributed by atoms with Crippen LogP contribution in [0.1, 0.15) is 36.0 Å². The Morgan fingerprint density at radius 1 is 0.977 bits per heavy atom. The third kappa shape index (κ3) is 8.07. The van der Waals surface area contributed by atoms with E-state index in [1.54, 1.807) is 54.6 Å². The molecule has 5 rings (SSSR count). The number of ether oxygens (including phenoxy) is 3. The highest BCUT2D eigenvalue weighted by molar-refractivity contribution is 6.40. The van der Waals surface area contributed by atoms with Gasteiger partial charge in [-0.15, -0.1) is 0 Å². The molecule has 1 amide bonds. The van der Waals surface area contributed by atoms with Crippen LogP contribution in [-0.4, -0.2) is 54.1 Å². The van der Waals surface area contributed by atoms with Crippen molar-refractivity contribution < 1.29 is 23.4 Å². The van der Waals surface area contributed by atoms with E-state index in [9.17, 15) is 9.18 Å². The molecule has 2 N–H and O–H groups in total. The summed E-state index contributed by atoms with van der Waals surface area (Å²) in [6.07, 6.45) is 5.86. The van der Waals surface area contributed by atoms with Gasteiger partial charge in [0.1, 0.15) is 5.56 Å². The minimum atomic E-state index is -0.607. The van der Waals surface area contributed by atoms with Crippen LogP contribution in [-0.2, 0) is 0 Å². The lowest BCUT2D eigenvalue weighted by Crippen LogP contribution is -2.31. The van der Waals surface area contributed by atoms with E-state index in [1.165, 1.54) is 38.6 Å². The number of hydrogen-bond acceptors (Lipinski definition) is 8. The average Bonchev–Trinajstić information content (AvgIpc) is 3.03. The zero-order chi connectivity index (χ0) is 30.9. The molecule has 0 bridgehead atoms. The number of aromatic nitrogens is 2. The molecule has 2 heterocycles. The first-order chi connectivity index (χ1) is 21.4. The number of anilines is 3. The van der Waals surface area contributed by atoms with Crippen LogP contribution >= 0.6 is 23.2 Å². The van der Waals surface area contributed by atoms with Gasteiger partial charge < -0.3 is 29.7 Å². The Bertz CT molecular complexity index is 1580. The molecule has 9 nitrogen and oxygen atoms in total. The van der Waals surface area contributed by atoms with Crippen molar-refractivity contribution in [3.05, 3.63) is 88.3 Å². The van der Waals surface area contributed by atoms with Gasteiger partial charge in [0.05, 0.1) is 29.4 Å². The maximum Gasteiger partial charge on any atom is 0.262 e. The number of likely N-dealkylation sites (tertiary alicyclic amines) is 1. The molecule has 1 aliphatic heterocycles. The van der Waals surface area contributed by atoms with E-state index in [0.717, 1.165) is 26.1 Å². The largest absolute Gasteiger partial charge is 0.493 e. The number of amides is 1.